The second kappa shape index (κ2) is 6.49. The Morgan fingerprint density at radius 1 is 1.21 bits per heavy atom. The molecule has 150 valence electrons. The van der Waals surface area contributed by atoms with E-state index in [2.05, 4.69) is 21.8 Å². The van der Waals surface area contributed by atoms with Crippen molar-refractivity contribution in [3.8, 4) is 11.3 Å². The standard InChI is InChI=1S/C19H21ClF3N5/c1-18(25)5-10-8-28(9-11(10)6-18)14-7-26-16(17(24)27-14)12-3-2-4-13(15(12)20)19(21,22)23/h2-4,7,10-11H,5-6,8-9,25H2,1H3,(H2,24,27)/t10-,11+,18-. The summed E-state index contributed by atoms with van der Waals surface area (Å²) >= 11 is 5.99. The molecule has 1 aromatic carbocycles. The Kier molecular flexibility index (Phi) is 4.46. The van der Waals surface area contributed by atoms with E-state index in [1.807, 2.05) is 0 Å². The Bertz CT molecular complexity index is 899. The first-order valence-corrected chi connectivity index (χ1v) is 9.45. The van der Waals surface area contributed by atoms with Gasteiger partial charge in [-0.15, -0.1) is 0 Å². The van der Waals surface area contributed by atoms with Gasteiger partial charge in [-0.05, 0) is 37.7 Å². The topological polar surface area (TPSA) is 81.1 Å². The minimum absolute atomic E-state index is 0.0550. The number of benzene rings is 1. The minimum Gasteiger partial charge on any atom is -0.382 e. The van der Waals surface area contributed by atoms with Gasteiger partial charge in [0.1, 0.15) is 11.5 Å². The molecule has 1 saturated heterocycles. The molecular weight excluding hydrogens is 391 g/mol. The summed E-state index contributed by atoms with van der Waals surface area (Å²) in [6, 6.07) is 3.67. The molecule has 2 aliphatic rings. The van der Waals surface area contributed by atoms with Gasteiger partial charge in [-0.2, -0.15) is 13.2 Å². The van der Waals surface area contributed by atoms with Gasteiger partial charge in [-0.3, -0.25) is 0 Å². The van der Waals surface area contributed by atoms with Crippen LogP contribution in [0.5, 0.6) is 0 Å². The van der Waals surface area contributed by atoms with E-state index in [4.69, 9.17) is 23.1 Å². The molecule has 9 heteroatoms. The van der Waals surface area contributed by atoms with E-state index in [-0.39, 0.29) is 22.6 Å². The van der Waals surface area contributed by atoms with Crippen LogP contribution in [0.2, 0.25) is 5.02 Å². The van der Waals surface area contributed by atoms with Gasteiger partial charge in [0.15, 0.2) is 5.82 Å². The number of nitrogen functional groups attached to an aromatic ring is 1. The molecule has 3 atom stereocenters. The second-order valence-electron chi connectivity index (χ2n) is 8.11. The maximum absolute atomic E-state index is 13.1. The van der Waals surface area contributed by atoms with Gasteiger partial charge < -0.3 is 16.4 Å². The van der Waals surface area contributed by atoms with Crippen LogP contribution in [-0.4, -0.2) is 28.6 Å². The predicted molar refractivity (Wildman–Crippen MR) is 103 cm³/mol. The number of anilines is 2. The largest absolute Gasteiger partial charge is 0.417 e. The van der Waals surface area contributed by atoms with Crippen LogP contribution in [0.3, 0.4) is 0 Å². The van der Waals surface area contributed by atoms with Crippen LogP contribution in [0, 0.1) is 11.8 Å². The summed E-state index contributed by atoms with van der Waals surface area (Å²) in [6.45, 7) is 3.74. The smallest absolute Gasteiger partial charge is 0.382 e. The van der Waals surface area contributed by atoms with Gasteiger partial charge >= 0.3 is 6.18 Å². The summed E-state index contributed by atoms with van der Waals surface area (Å²) in [4.78, 5) is 10.8. The number of alkyl halides is 3. The van der Waals surface area contributed by atoms with Crippen molar-refractivity contribution >= 4 is 23.2 Å². The van der Waals surface area contributed by atoms with Gasteiger partial charge in [-0.1, -0.05) is 23.7 Å². The van der Waals surface area contributed by atoms with Crippen LogP contribution in [0.1, 0.15) is 25.3 Å². The highest BCUT2D eigenvalue weighted by atomic mass is 35.5. The van der Waals surface area contributed by atoms with Crippen LogP contribution in [0.25, 0.3) is 11.3 Å². The van der Waals surface area contributed by atoms with Crippen molar-refractivity contribution in [1.82, 2.24) is 9.97 Å². The van der Waals surface area contributed by atoms with E-state index >= 15 is 0 Å². The molecule has 28 heavy (non-hydrogen) atoms. The molecule has 2 heterocycles. The van der Waals surface area contributed by atoms with Crippen molar-refractivity contribution in [2.24, 2.45) is 17.6 Å². The molecule has 4 rings (SSSR count). The van der Waals surface area contributed by atoms with Crippen LogP contribution < -0.4 is 16.4 Å². The third-order valence-corrected chi connectivity index (χ3v) is 6.11. The summed E-state index contributed by atoms with van der Waals surface area (Å²) in [5, 5.41) is -0.429. The number of halogens is 4. The SMILES string of the molecule is C[C@]1(N)C[C@H]2CN(c3cnc(-c4cccc(C(F)(F)F)c4Cl)c(N)n3)C[C@H]2C1. The average molecular weight is 412 g/mol. The van der Waals surface area contributed by atoms with Crippen molar-refractivity contribution in [3.63, 3.8) is 0 Å². The number of hydrogen-bond acceptors (Lipinski definition) is 5. The fourth-order valence-electron chi connectivity index (χ4n) is 4.56. The lowest BCUT2D eigenvalue weighted by atomic mass is 10.00. The van der Waals surface area contributed by atoms with Crippen molar-refractivity contribution in [2.45, 2.75) is 31.5 Å². The zero-order valence-corrected chi connectivity index (χ0v) is 16.1. The highest BCUT2D eigenvalue weighted by Gasteiger charge is 2.45. The number of nitrogens with two attached hydrogens (primary N) is 2. The van der Waals surface area contributed by atoms with Crippen LogP contribution in [0.4, 0.5) is 24.8 Å². The zero-order valence-electron chi connectivity index (χ0n) is 15.3. The van der Waals surface area contributed by atoms with Crippen molar-refractivity contribution < 1.29 is 13.2 Å². The molecule has 0 amide bonds. The zero-order chi connectivity index (χ0) is 20.3. The molecule has 1 aliphatic heterocycles. The molecule has 2 aromatic rings. The third kappa shape index (κ3) is 3.39. The number of nitrogens with zero attached hydrogens (tertiary/aromatic N) is 3. The maximum Gasteiger partial charge on any atom is 0.417 e. The Morgan fingerprint density at radius 3 is 2.43 bits per heavy atom. The Balaban J connectivity index is 1.60. The lowest BCUT2D eigenvalue weighted by molar-refractivity contribution is -0.137. The van der Waals surface area contributed by atoms with Gasteiger partial charge in [0.2, 0.25) is 0 Å². The normalized spacial score (nSPS) is 27.3. The lowest BCUT2D eigenvalue weighted by Crippen LogP contribution is -2.35. The van der Waals surface area contributed by atoms with Gasteiger partial charge in [0.05, 0.1) is 16.8 Å². The molecule has 0 radical (unpaired) electrons. The minimum atomic E-state index is -4.56. The molecule has 0 unspecified atom stereocenters. The number of rotatable bonds is 2. The van der Waals surface area contributed by atoms with Crippen molar-refractivity contribution in [2.75, 3.05) is 23.7 Å². The van der Waals surface area contributed by atoms with E-state index in [1.165, 1.54) is 12.1 Å². The Hall–Kier alpha value is -2.06. The fraction of sp³-hybridized carbons (Fsp3) is 0.474. The summed E-state index contributed by atoms with van der Waals surface area (Å²) in [5.41, 5.74) is 11.5. The molecule has 0 spiro atoms. The van der Waals surface area contributed by atoms with Crippen LogP contribution >= 0.6 is 11.6 Å². The summed E-state index contributed by atoms with van der Waals surface area (Å²) in [7, 11) is 0. The Morgan fingerprint density at radius 2 is 1.86 bits per heavy atom. The summed E-state index contributed by atoms with van der Waals surface area (Å²) in [5.74, 6) is 1.70. The van der Waals surface area contributed by atoms with E-state index in [1.54, 1.807) is 6.20 Å². The molecule has 5 nitrogen and oxygen atoms in total. The second-order valence-corrected chi connectivity index (χ2v) is 8.49. The molecule has 1 aromatic heterocycles. The lowest BCUT2D eigenvalue weighted by Gasteiger charge is -2.23. The van der Waals surface area contributed by atoms with Gasteiger partial charge in [0.25, 0.3) is 0 Å². The predicted octanol–water partition coefficient (Wildman–Crippen LogP) is 3.96. The Labute approximate surface area is 165 Å². The number of fused-ring (bicyclic) bond motifs is 1. The third-order valence-electron chi connectivity index (χ3n) is 5.70. The first-order chi connectivity index (χ1) is 13.0. The summed E-state index contributed by atoms with van der Waals surface area (Å²) < 4.78 is 39.3. The van der Waals surface area contributed by atoms with E-state index in [0.717, 1.165) is 32.0 Å². The highest BCUT2D eigenvalue weighted by molar-refractivity contribution is 6.34. The van der Waals surface area contributed by atoms with Crippen LogP contribution in [-0.2, 0) is 6.18 Å². The molecule has 2 fully saturated rings. The molecule has 4 N–H and O–H groups in total. The monoisotopic (exact) mass is 411 g/mol. The maximum atomic E-state index is 13.1. The van der Waals surface area contributed by atoms with E-state index in [0.29, 0.717) is 17.7 Å². The van der Waals surface area contributed by atoms with Crippen LogP contribution in [0.15, 0.2) is 24.4 Å². The molecule has 1 saturated carbocycles. The summed E-state index contributed by atoms with van der Waals surface area (Å²) in [6.07, 6.45) is -1.07. The van der Waals surface area contributed by atoms with Crippen molar-refractivity contribution in [3.05, 3.63) is 35.0 Å². The van der Waals surface area contributed by atoms with E-state index < -0.39 is 16.8 Å². The first-order valence-electron chi connectivity index (χ1n) is 9.07. The molecular formula is C19H21ClF3N5. The quantitative estimate of drug-likeness (QED) is 0.781. The number of hydrogen-bond donors (Lipinski definition) is 2. The highest BCUT2D eigenvalue weighted by Crippen LogP contribution is 2.44. The van der Waals surface area contributed by atoms with Gasteiger partial charge in [-0.25, -0.2) is 9.97 Å². The van der Waals surface area contributed by atoms with Crippen molar-refractivity contribution in [1.29, 1.82) is 0 Å². The fourth-order valence-corrected chi connectivity index (χ4v) is 4.88. The first kappa shape index (κ1) is 19.3. The van der Waals surface area contributed by atoms with Gasteiger partial charge in [0, 0.05) is 24.2 Å². The number of aromatic nitrogens is 2. The molecule has 0 bridgehead atoms. The average Bonchev–Trinajstić information content (AvgIpc) is 3.08. The molecule has 1 aliphatic carbocycles. The van der Waals surface area contributed by atoms with E-state index in [9.17, 15) is 13.2 Å².